The van der Waals surface area contributed by atoms with Gasteiger partial charge >= 0.3 is 0 Å². The Morgan fingerprint density at radius 1 is 0.507 bits per heavy atom. The van der Waals surface area contributed by atoms with Crippen LogP contribution in [0, 0.1) is 18.4 Å². The lowest BCUT2D eigenvalue weighted by molar-refractivity contribution is -0.136. The largest absolute Gasteiger partial charge is 0.382 e. The van der Waals surface area contributed by atoms with E-state index in [-0.39, 0.29) is 88.5 Å². The van der Waals surface area contributed by atoms with E-state index in [1.807, 2.05) is 0 Å². The zero-order valence-electron chi connectivity index (χ0n) is 39.6. The number of hydrogen-bond acceptors (Lipinski definition) is 13. The smallest absolute Gasteiger partial charge is 0.245 e. The Morgan fingerprint density at radius 3 is 1.33 bits per heavy atom. The van der Waals surface area contributed by atoms with Gasteiger partial charge in [-0.2, -0.15) is 0 Å². The molecule has 0 aromatic rings. The SMILES string of the molecule is COCC(NC(=O)C(C)NC(=O)C(CCCN=C(N)N)NC(=O)C(CCCN=C(N)N)NC(=O)C(CC(C)C)NC(=O)C(CNC(C)=O)NC(C)=O)C(=O)NC(CC(C)C)C(=O)N[CH]C(N)=O. The summed E-state index contributed by atoms with van der Waals surface area (Å²) in [6, 6.07) is -9.04. The van der Waals surface area contributed by atoms with Gasteiger partial charge in [0.05, 0.1) is 6.61 Å². The van der Waals surface area contributed by atoms with E-state index >= 15 is 0 Å². The lowest BCUT2D eigenvalue weighted by Crippen LogP contribution is -2.60. The molecule has 7 unspecified atom stereocenters. The molecule has 0 fully saturated rings. The summed E-state index contributed by atoms with van der Waals surface area (Å²) in [5.41, 5.74) is 26.9. The van der Waals surface area contributed by atoms with Gasteiger partial charge in [0.1, 0.15) is 48.8 Å². The van der Waals surface area contributed by atoms with Crippen molar-refractivity contribution in [1.29, 1.82) is 0 Å². The first-order chi connectivity index (χ1) is 31.3. The number of primary amides is 1. The fraction of sp³-hybridized carbons (Fsp3) is 0.675. The van der Waals surface area contributed by atoms with Gasteiger partial charge in [-0.1, -0.05) is 27.7 Å². The second-order valence-corrected chi connectivity index (χ2v) is 16.4. The lowest BCUT2D eigenvalue weighted by atomic mass is 10.0. The summed E-state index contributed by atoms with van der Waals surface area (Å²) < 4.78 is 5.13. The quantitative estimate of drug-likeness (QED) is 0.0170. The van der Waals surface area contributed by atoms with Crippen molar-refractivity contribution in [3.8, 4) is 0 Å². The van der Waals surface area contributed by atoms with Crippen LogP contribution in [0.3, 0.4) is 0 Å². The van der Waals surface area contributed by atoms with Gasteiger partial charge in [-0.3, -0.25) is 57.9 Å². The monoisotopic (exact) mass is 954 g/mol. The van der Waals surface area contributed by atoms with Crippen molar-refractivity contribution in [3.05, 3.63) is 6.54 Å². The van der Waals surface area contributed by atoms with Gasteiger partial charge in [-0.15, -0.1) is 0 Å². The van der Waals surface area contributed by atoms with Crippen molar-refractivity contribution < 1.29 is 52.7 Å². The Labute approximate surface area is 390 Å². The number of methoxy groups -OCH3 is 1. The summed E-state index contributed by atoms with van der Waals surface area (Å²) in [7, 11) is 1.27. The van der Waals surface area contributed by atoms with Crippen molar-refractivity contribution in [1.82, 2.24) is 47.9 Å². The summed E-state index contributed by atoms with van der Waals surface area (Å²) in [5.74, 6) is -8.37. The van der Waals surface area contributed by atoms with E-state index in [0.717, 1.165) is 6.54 Å². The Kier molecular flexibility index (Phi) is 28.7. The molecule has 19 N–H and O–H groups in total. The first-order valence-corrected chi connectivity index (χ1v) is 21.6. The van der Waals surface area contributed by atoms with Crippen LogP contribution in [-0.4, -0.2) is 147 Å². The molecule has 27 heteroatoms. The zero-order chi connectivity index (χ0) is 51.4. The number of rotatable bonds is 32. The molecule has 27 nitrogen and oxygen atoms in total. The highest BCUT2D eigenvalue weighted by Gasteiger charge is 2.33. The molecule has 7 atom stereocenters. The molecule has 0 saturated carbocycles. The highest BCUT2D eigenvalue weighted by Crippen LogP contribution is 2.10. The first-order valence-electron chi connectivity index (χ1n) is 21.6. The third-order valence-corrected chi connectivity index (χ3v) is 9.16. The van der Waals surface area contributed by atoms with Gasteiger partial charge in [0.2, 0.25) is 59.1 Å². The molecule has 379 valence electrons. The molecule has 0 spiro atoms. The van der Waals surface area contributed by atoms with Crippen molar-refractivity contribution in [2.45, 2.75) is 129 Å². The predicted octanol–water partition coefficient (Wildman–Crippen LogP) is -5.84. The highest BCUT2D eigenvalue weighted by atomic mass is 16.5. The lowest BCUT2D eigenvalue weighted by Gasteiger charge is -2.28. The minimum absolute atomic E-state index is 0.0406. The van der Waals surface area contributed by atoms with Crippen LogP contribution >= 0.6 is 0 Å². The number of ether oxygens (including phenoxy) is 1. The van der Waals surface area contributed by atoms with E-state index in [1.165, 1.54) is 27.9 Å². The van der Waals surface area contributed by atoms with Crippen molar-refractivity contribution in [2.75, 3.05) is 33.4 Å². The van der Waals surface area contributed by atoms with Crippen LogP contribution < -0.4 is 76.5 Å². The molecular weight excluding hydrogens is 881 g/mol. The molecule has 0 aliphatic carbocycles. The Morgan fingerprint density at radius 2 is 0.910 bits per heavy atom. The first kappa shape index (κ1) is 60.2. The fourth-order valence-corrected chi connectivity index (χ4v) is 6.01. The molecule has 0 saturated heterocycles. The summed E-state index contributed by atoms with van der Waals surface area (Å²) >= 11 is 0. The van der Waals surface area contributed by atoms with Crippen LogP contribution in [0.15, 0.2) is 9.98 Å². The molecule has 0 aromatic heterocycles. The van der Waals surface area contributed by atoms with E-state index in [4.69, 9.17) is 33.4 Å². The van der Waals surface area contributed by atoms with Crippen LogP contribution in [0.25, 0.3) is 0 Å². The number of carbonyl (C=O) groups is 10. The number of nitrogens with one attached hydrogen (secondary N) is 9. The molecule has 0 bridgehead atoms. The average Bonchev–Trinajstić information content (AvgIpc) is 3.21. The van der Waals surface area contributed by atoms with E-state index < -0.39 is 101 Å². The van der Waals surface area contributed by atoms with E-state index in [1.54, 1.807) is 27.7 Å². The number of nitrogens with two attached hydrogens (primary N) is 5. The van der Waals surface area contributed by atoms with E-state index in [0.29, 0.717) is 0 Å². The van der Waals surface area contributed by atoms with Crippen molar-refractivity contribution in [2.24, 2.45) is 50.5 Å². The molecule has 1 radical (unpaired) electrons. The summed E-state index contributed by atoms with van der Waals surface area (Å²) in [6.07, 6.45) is 0.386. The minimum atomic E-state index is -1.37. The number of hydrogen-bond donors (Lipinski definition) is 14. The number of aliphatic imine (C=N–C) groups is 2. The normalized spacial score (nSPS) is 13.9. The molecule has 0 rings (SSSR count). The molecule has 67 heavy (non-hydrogen) atoms. The molecular formula is C40H73N16O11. The summed E-state index contributed by atoms with van der Waals surface area (Å²) in [5, 5.41) is 22.5. The van der Waals surface area contributed by atoms with Gasteiger partial charge in [0.15, 0.2) is 11.9 Å². The van der Waals surface area contributed by atoms with Gasteiger partial charge in [-0.05, 0) is 57.3 Å². The topological polar surface area (TPSA) is 443 Å². The second kappa shape index (κ2) is 32.0. The third-order valence-electron chi connectivity index (χ3n) is 9.16. The molecule has 0 aliphatic rings. The van der Waals surface area contributed by atoms with Crippen LogP contribution in [0.4, 0.5) is 0 Å². The fourth-order valence-electron chi connectivity index (χ4n) is 6.01. The third kappa shape index (κ3) is 27.3. The van der Waals surface area contributed by atoms with Gasteiger partial charge in [0, 0.05) is 40.6 Å². The maximum atomic E-state index is 14.1. The van der Waals surface area contributed by atoms with Gasteiger partial charge < -0.3 is 81.3 Å². The van der Waals surface area contributed by atoms with Crippen LogP contribution in [-0.2, 0) is 52.7 Å². The minimum Gasteiger partial charge on any atom is -0.382 e. The number of carbonyl (C=O) groups excluding carboxylic acids is 10. The Balaban J connectivity index is 6.54. The van der Waals surface area contributed by atoms with Crippen LogP contribution in [0.2, 0.25) is 0 Å². The van der Waals surface area contributed by atoms with Crippen molar-refractivity contribution in [3.63, 3.8) is 0 Å². The standard InChI is InChI=1S/C40H73N16O11/c1-20(2)15-27(33(61)49-18-31(41)59)54-38(66)30(19-67-8)56-32(60)22(5)50-34(62)25(11-9-13-46-39(42)43)52-35(63)26(12-10-14-47-40(44)45)53-36(64)28(16-21(3)4)55-37(65)29(51-24(7)58)17-48-23(6)57/h18,20-22,25-30H,9-17,19H2,1-8H3,(H2,41,59)(H,48,57)(H,49,61)(H,50,62)(H,51,58)(H,52,63)(H,53,64)(H,54,66)(H,55,65)(H,56,60)(H4,42,43,46)(H4,44,45,47). The van der Waals surface area contributed by atoms with Gasteiger partial charge in [0.25, 0.3) is 0 Å². The summed E-state index contributed by atoms with van der Waals surface area (Å²) in [4.78, 5) is 137. The maximum absolute atomic E-state index is 14.1. The number of nitrogens with zero attached hydrogens (tertiary/aromatic N) is 2. The number of guanidine groups is 2. The van der Waals surface area contributed by atoms with Crippen LogP contribution in [0.1, 0.15) is 87.0 Å². The van der Waals surface area contributed by atoms with Crippen LogP contribution in [0.5, 0.6) is 0 Å². The Bertz CT molecular complexity index is 1750. The molecule has 0 aliphatic heterocycles. The molecule has 10 amide bonds. The maximum Gasteiger partial charge on any atom is 0.245 e. The Hall–Kier alpha value is -6.80. The predicted molar refractivity (Wildman–Crippen MR) is 246 cm³/mol. The van der Waals surface area contributed by atoms with Gasteiger partial charge in [-0.25, -0.2) is 0 Å². The highest BCUT2D eigenvalue weighted by molar-refractivity contribution is 5.98. The second-order valence-electron chi connectivity index (χ2n) is 16.4. The summed E-state index contributed by atoms with van der Waals surface area (Å²) in [6.45, 7) is 11.1. The molecule has 0 aromatic carbocycles. The van der Waals surface area contributed by atoms with E-state index in [2.05, 4.69) is 57.8 Å². The zero-order valence-corrected chi connectivity index (χ0v) is 39.6. The number of amides is 10. The average molecular weight is 954 g/mol. The molecule has 0 heterocycles. The van der Waals surface area contributed by atoms with Crippen molar-refractivity contribution >= 4 is 71.0 Å². The van der Waals surface area contributed by atoms with E-state index in [9.17, 15) is 47.9 Å².